The number of benzene rings is 1. The lowest BCUT2D eigenvalue weighted by Gasteiger charge is -2.19. The first kappa shape index (κ1) is 16.3. The van der Waals surface area contributed by atoms with Crippen LogP contribution in [0.25, 0.3) is 0 Å². The predicted octanol–water partition coefficient (Wildman–Crippen LogP) is 1.65. The minimum absolute atomic E-state index is 0.0450. The highest BCUT2D eigenvalue weighted by atomic mass is 35.7. The first-order valence-electron chi connectivity index (χ1n) is 6.23. The van der Waals surface area contributed by atoms with Gasteiger partial charge in [0.15, 0.2) is 0 Å². The summed E-state index contributed by atoms with van der Waals surface area (Å²) in [5, 5.41) is 0. The largest absolute Gasteiger partial charge is 0.261 e. The van der Waals surface area contributed by atoms with Gasteiger partial charge in [0.05, 0.1) is 16.3 Å². The van der Waals surface area contributed by atoms with Crippen LogP contribution in [0, 0.1) is 18.3 Å². The van der Waals surface area contributed by atoms with E-state index < -0.39 is 19.1 Å². The average molecular weight is 348 g/mol. The number of nitrogens with zero attached hydrogens (tertiary/aromatic N) is 1. The summed E-state index contributed by atoms with van der Waals surface area (Å²) in [7, 11) is -2.57. The molecule has 0 bridgehead atoms. The van der Waals surface area contributed by atoms with Gasteiger partial charge >= 0.3 is 0 Å². The molecule has 0 aromatic heterocycles. The third-order valence-corrected chi connectivity index (χ3v) is 6.31. The van der Waals surface area contributed by atoms with Gasteiger partial charge in [-0.05, 0) is 37.0 Å². The van der Waals surface area contributed by atoms with E-state index in [4.69, 9.17) is 17.1 Å². The van der Waals surface area contributed by atoms with E-state index in [-0.39, 0.29) is 16.3 Å². The smallest absolute Gasteiger partial charge is 0.207 e. The summed E-state index contributed by atoms with van der Waals surface area (Å²) in [5.41, 5.74) is 0. The zero-order valence-electron chi connectivity index (χ0n) is 11.1. The van der Waals surface area contributed by atoms with Gasteiger partial charge in [-0.25, -0.2) is 16.8 Å². The summed E-state index contributed by atoms with van der Waals surface area (Å²) in [5.74, 6) is 2.65. The maximum absolute atomic E-state index is 12.6. The molecule has 0 heterocycles. The van der Waals surface area contributed by atoms with Crippen LogP contribution in [0.1, 0.15) is 12.8 Å². The van der Waals surface area contributed by atoms with E-state index >= 15 is 0 Å². The van der Waals surface area contributed by atoms with E-state index in [0.717, 1.165) is 18.9 Å². The Kier molecular flexibility index (Phi) is 4.63. The molecule has 0 amide bonds. The summed E-state index contributed by atoms with van der Waals surface area (Å²) in [4.78, 5) is -0.377. The number of sulfonamides is 1. The first-order chi connectivity index (χ1) is 9.75. The molecule has 5 nitrogen and oxygen atoms in total. The highest BCUT2D eigenvalue weighted by Gasteiger charge is 2.31. The van der Waals surface area contributed by atoms with Gasteiger partial charge in [0.2, 0.25) is 10.0 Å². The lowest BCUT2D eigenvalue weighted by atomic mass is 10.4. The van der Waals surface area contributed by atoms with Crippen LogP contribution in [-0.4, -0.2) is 34.2 Å². The summed E-state index contributed by atoms with van der Waals surface area (Å²) in [6.45, 7) is 0.307. The molecule has 114 valence electrons. The minimum Gasteiger partial charge on any atom is -0.207 e. The van der Waals surface area contributed by atoms with Gasteiger partial charge < -0.3 is 0 Å². The second-order valence-electron chi connectivity index (χ2n) is 4.86. The Morgan fingerprint density at radius 1 is 1.24 bits per heavy atom. The Labute approximate surface area is 129 Å². The van der Waals surface area contributed by atoms with Crippen molar-refractivity contribution in [1.82, 2.24) is 4.31 Å². The normalized spacial score (nSPS) is 15.9. The van der Waals surface area contributed by atoms with Gasteiger partial charge in [-0.15, -0.1) is 6.42 Å². The fraction of sp³-hybridized carbons (Fsp3) is 0.385. The topological polar surface area (TPSA) is 71.5 Å². The molecule has 2 rings (SSSR count). The van der Waals surface area contributed by atoms with Crippen LogP contribution in [0.5, 0.6) is 0 Å². The number of hydrogen-bond donors (Lipinski definition) is 0. The van der Waals surface area contributed by atoms with Gasteiger partial charge in [-0.2, -0.15) is 4.31 Å². The molecule has 0 radical (unpaired) electrons. The minimum atomic E-state index is -3.99. The maximum Gasteiger partial charge on any atom is 0.261 e. The molecule has 1 fully saturated rings. The van der Waals surface area contributed by atoms with Crippen LogP contribution in [0.2, 0.25) is 0 Å². The van der Waals surface area contributed by atoms with Gasteiger partial charge in [-0.3, -0.25) is 0 Å². The van der Waals surface area contributed by atoms with Gasteiger partial charge in [0.1, 0.15) is 0 Å². The third-order valence-electron chi connectivity index (χ3n) is 3.15. The Morgan fingerprint density at radius 2 is 1.86 bits per heavy atom. The van der Waals surface area contributed by atoms with Crippen LogP contribution < -0.4 is 0 Å². The Morgan fingerprint density at radius 3 is 2.38 bits per heavy atom. The molecule has 0 atom stereocenters. The van der Waals surface area contributed by atoms with E-state index in [2.05, 4.69) is 5.92 Å². The fourth-order valence-corrected chi connectivity index (χ4v) is 4.22. The Bertz CT molecular complexity index is 777. The third kappa shape index (κ3) is 3.98. The highest BCUT2D eigenvalue weighted by molar-refractivity contribution is 8.13. The monoisotopic (exact) mass is 347 g/mol. The molecule has 0 aliphatic heterocycles. The van der Waals surface area contributed by atoms with E-state index in [1.54, 1.807) is 0 Å². The van der Waals surface area contributed by atoms with Gasteiger partial charge in [0, 0.05) is 17.2 Å². The summed E-state index contributed by atoms with van der Waals surface area (Å²) in [6.07, 6.45) is 7.18. The van der Waals surface area contributed by atoms with Crippen molar-refractivity contribution in [3.8, 4) is 12.3 Å². The van der Waals surface area contributed by atoms with E-state index in [9.17, 15) is 16.8 Å². The van der Waals surface area contributed by atoms with Crippen molar-refractivity contribution < 1.29 is 16.8 Å². The molecule has 0 N–H and O–H groups in total. The molecule has 1 saturated carbocycles. The molecule has 1 aliphatic rings. The van der Waals surface area contributed by atoms with Crippen LogP contribution in [0.3, 0.4) is 0 Å². The number of terminal acetylenes is 1. The molecule has 1 aromatic carbocycles. The van der Waals surface area contributed by atoms with E-state index in [1.807, 2.05) is 0 Å². The average Bonchev–Trinajstić information content (AvgIpc) is 3.21. The van der Waals surface area contributed by atoms with Crippen LogP contribution in [-0.2, 0) is 19.1 Å². The van der Waals surface area contributed by atoms with Crippen molar-refractivity contribution >= 4 is 29.8 Å². The molecule has 1 aliphatic carbocycles. The molecule has 0 unspecified atom stereocenters. The van der Waals surface area contributed by atoms with Crippen molar-refractivity contribution in [3.05, 3.63) is 24.3 Å². The van der Waals surface area contributed by atoms with Crippen LogP contribution in [0.15, 0.2) is 34.1 Å². The summed E-state index contributed by atoms with van der Waals surface area (Å²) in [6, 6.07) is 4.96. The lowest BCUT2D eigenvalue weighted by molar-refractivity contribution is 0.430. The Hall–Kier alpha value is -1.07. The predicted molar refractivity (Wildman–Crippen MR) is 79.8 cm³/mol. The number of halogens is 1. The fourth-order valence-electron chi connectivity index (χ4n) is 1.87. The van der Waals surface area contributed by atoms with Gasteiger partial charge in [0.25, 0.3) is 9.05 Å². The van der Waals surface area contributed by atoms with Crippen molar-refractivity contribution in [2.75, 3.05) is 13.1 Å². The van der Waals surface area contributed by atoms with Crippen molar-refractivity contribution in [3.63, 3.8) is 0 Å². The molecule has 0 spiro atoms. The summed E-state index contributed by atoms with van der Waals surface area (Å²) < 4.78 is 49.0. The molecular weight excluding hydrogens is 334 g/mol. The van der Waals surface area contributed by atoms with Crippen LogP contribution >= 0.6 is 10.7 Å². The highest BCUT2D eigenvalue weighted by Crippen LogP contribution is 2.31. The molecule has 0 saturated heterocycles. The zero-order valence-corrected chi connectivity index (χ0v) is 13.5. The van der Waals surface area contributed by atoms with Crippen molar-refractivity contribution in [2.45, 2.75) is 22.6 Å². The van der Waals surface area contributed by atoms with E-state index in [0.29, 0.717) is 12.5 Å². The Balaban J connectivity index is 2.39. The molecule has 1 aromatic rings. The quantitative estimate of drug-likeness (QED) is 0.579. The van der Waals surface area contributed by atoms with Crippen LogP contribution in [0.4, 0.5) is 0 Å². The molecule has 8 heteroatoms. The number of rotatable bonds is 6. The molecular formula is C13H14ClNO4S2. The maximum atomic E-state index is 12.6. The number of hydrogen-bond acceptors (Lipinski definition) is 4. The van der Waals surface area contributed by atoms with Gasteiger partial charge in [-0.1, -0.05) is 12.0 Å². The standard InChI is InChI=1S/C13H14ClNO4S2/c1-2-8-15(10-11-6-7-11)21(18,19)13-5-3-4-12(9-13)20(14,16)17/h1,3-5,9,11H,6-8,10H2. The lowest BCUT2D eigenvalue weighted by Crippen LogP contribution is -2.33. The second-order valence-corrected chi connectivity index (χ2v) is 9.36. The van der Waals surface area contributed by atoms with E-state index in [1.165, 1.54) is 22.5 Å². The van der Waals surface area contributed by atoms with Crippen molar-refractivity contribution in [2.24, 2.45) is 5.92 Å². The zero-order chi connectivity index (χ0) is 15.7. The molecule has 21 heavy (non-hydrogen) atoms. The summed E-state index contributed by atoms with van der Waals surface area (Å²) >= 11 is 0. The first-order valence-corrected chi connectivity index (χ1v) is 9.98. The van der Waals surface area contributed by atoms with Crippen molar-refractivity contribution in [1.29, 1.82) is 0 Å². The second kappa shape index (κ2) is 5.97. The SMILES string of the molecule is C#CCN(CC1CC1)S(=O)(=O)c1cccc(S(=O)(=O)Cl)c1.